The zero-order valence-corrected chi connectivity index (χ0v) is 11.2. The van der Waals surface area contributed by atoms with Crippen LogP contribution in [0.5, 0.6) is 5.88 Å². The molecule has 0 atom stereocenters. The summed E-state index contributed by atoms with van der Waals surface area (Å²) in [6, 6.07) is 12.2. The fourth-order valence-corrected chi connectivity index (χ4v) is 2.09. The Morgan fingerprint density at radius 1 is 1.11 bits per heavy atom. The van der Waals surface area contributed by atoms with E-state index in [0.29, 0.717) is 12.5 Å². The molecule has 0 amide bonds. The lowest BCUT2D eigenvalue weighted by molar-refractivity contribution is 0.289. The predicted molar refractivity (Wildman–Crippen MR) is 73.8 cm³/mol. The summed E-state index contributed by atoms with van der Waals surface area (Å²) in [4.78, 5) is 4.35. The summed E-state index contributed by atoms with van der Waals surface area (Å²) in [5.74, 6) is 1.18. The highest BCUT2D eigenvalue weighted by molar-refractivity contribution is 5.36. The van der Waals surface area contributed by atoms with Crippen LogP contribution in [0.3, 0.4) is 0 Å². The Morgan fingerprint density at radius 3 is 2.50 bits per heavy atom. The van der Waals surface area contributed by atoms with Crippen molar-refractivity contribution in [2.24, 2.45) is 0 Å². The molecule has 0 bridgehead atoms. The van der Waals surface area contributed by atoms with Gasteiger partial charge in [-0.25, -0.2) is 4.98 Å². The maximum absolute atomic E-state index is 5.85. The van der Waals surface area contributed by atoms with Gasteiger partial charge in [-0.1, -0.05) is 44.2 Å². The van der Waals surface area contributed by atoms with E-state index in [0.717, 1.165) is 11.4 Å². The van der Waals surface area contributed by atoms with Gasteiger partial charge in [0.2, 0.25) is 5.88 Å². The third kappa shape index (κ3) is 2.89. The Hall–Kier alpha value is -1.83. The van der Waals surface area contributed by atoms with Crippen LogP contribution in [-0.4, -0.2) is 4.98 Å². The highest BCUT2D eigenvalue weighted by Crippen LogP contribution is 2.27. The summed E-state index contributed by atoms with van der Waals surface area (Å²) in [6.07, 6.45) is 1.81. The number of nitrogens with zero attached hydrogens (tertiary/aromatic N) is 1. The Kier molecular flexibility index (Phi) is 3.98. The normalized spacial score (nSPS) is 10.7. The molecule has 1 aromatic carbocycles. The molecule has 1 aromatic heterocycles. The van der Waals surface area contributed by atoms with Crippen LogP contribution in [0, 0.1) is 6.92 Å². The summed E-state index contributed by atoms with van der Waals surface area (Å²) in [5.41, 5.74) is 3.60. The van der Waals surface area contributed by atoms with Gasteiger partial charge in [0.05, 0.1) is 0 Å². The molecule has 0 unspecified atom stereocenters. The van der Waals surface area contributed by atoms with Crippen molar-refractivity contribution in [3.05, 3.63) is 59.3 Å². The van der Waals surface area contributed by atoms with E-state index >= 15 is 0 Å². The minimum atomic E-state index is 0.421. The number of hydrogen-bond donors (Lipinski definition) is 0. The quantitative estimate of drug-likeness (QED) is 0.804. The third-order valence-electron chi connectivity index (χ3n) is 2.97. The average molecular weight is 241 g/mol. The molecule has 0 fully saturated rings. The highest BCUT2D eigenvalue weighted by atomic mass is 16.5. The van der Waals surface area contributed by atoms with E-state index in [2.05, 4.69) is 37.9 Å². The second kappa shape index (κ2) is 5.67. The van der Waals surface area contributed by atoms with Crippen molar-refractivity contribution in [1.82, 2.24) is 4.98 Å². The first kappa shape index (κ1) is 12.6. The maximum Gasteiger partial charge on any atom is 0.217 e. The number of rotatable bonds is 4. The molecule has 2 aromatic rings. The number of benzene rings is 1. The predicted octanol–water partition coefficient (Wildman–Crippen LogP) is 4.09. The summed E-state index contributed by atoms with van der Waals surface area (Å²) in [5, 5.41) is 0. The lowest BCUT2D eigenvalue weighted by Gasteiger charge is -2.15. The molecule has 94 valence electrons. The largest absolute Gasteiger partial charge is 0.473 e. The molecule has 0 radical (unpaired) electrons. The first-order valence-corrected chi connectivity index (χ1v) is 6.30. The Labute approximate surface area is 109 Å². The fourth-order valence-electron chi connectivity index (χ4n) is 2.09. The fraction of sp³-hybridized carbons (Fsp3) is 0.312. The van der Waals surface area contributed by atoms with E-state index in [1.807, 2.05) is 30.5 Å². The second-order valence-corrected chi connectivity index (χ2v) is 4.78. The number of hydrogen-bond acceptors (Lipinski definition) is 2. The van der Waals surface area contributed by atoms with E-state index in [1.54, 1.807) is 0 Å². The second-order valence-electron chi connectivity index (χ2n) is 4.78. The molecule has 1 heterocycles. The molecule has 0 aliphatic carbocycles. The molecule has 0 aliphatic rings. The number of aryl methyl sites for hydroxylation is 1. The van der Waals surface area contributed by atoms with Gasteiger partial charge in [0.15, 0.2) is 0 Å². The van der Waals surface area contributed by atoms with Crippen molar-refractivity contribution in [3.8, 4) is 5.88 Å². The van der Waals surface area contributed by atoms with Crippen molar-refractivity contribution in [1.29, 1.82) is 0 Å². The van der Waals surface area contributed by atoms with Crippen molar-refractivity contribution >= 4 is 0 Å². The van der Waals surface area contributed by atoms with Gasteiger partial charge >= 0.3 is 0 Å². The van der Waals surface area contributed by atoms with Crippen LogP contribution in [-0.2, 0) is 6.61 Å². The first-order valence-electron chi connectivity index (χ1n) is 6.30. The molecule has 0 aliphatic heterocycles. The molecule has 2 heteroatoms. The monoisotopic (exact) mass is 241 g/mol. The summed E-state index contributed by atoms with van der Waals surface area (Å²) in [6.45, 7) is 7.00. The van der Waals surface area contributed by atoms with E-state index in [4.69, 9.17) is 4.74 Å². The van der Waals surface area contributed by atoms with Gasteiger partial charge < -0.3 is 4.74 Å². The van der Waals surface area contributed by atoms with Crippen LogP contribution in [0.1, 0.15) is 36.5 Å². The van der Waals surface area contributed by atoms with Gasteiger partial charge in [0.1, 0.15) is 6.61 Å². The smallest absolute Gasteiger partial charge is 0.217 e. The van der Waals surface area contributed by atoms with E-state index in [-0.39, 0.29) is 0 Å². The van der Waals surface area contributed by atoms with Crippen LogP contribution >= 0.6 is 0 Å². The lowest BCUT2D eigenvalue weighted by atomic mass is 10.00. The minimum Gasteiger partial charge on any atom is -0.473 e. The standard InChI is InChI=1S/C16H19NO/c1-12(2)15-13(3)9-10-17-16(15)18-11-14-7-5-4-6-8-14/h4-10,12H,11H2,1-3H3. The van der Waals surface area contributed by atoms with Gasteiger partial charge in [0, 0.05) is 11.8 Å². The minimum absolute atomic E-state index is 0.421. The van der Waals surface area contributed by atoms with Gasteiger partial charge in [-0.15, -0.1) is 0 Å². The third-order valence-corrected chi connectivity index (χ3v) is 2.97. The molecule has 0 spiro atoms. The summed E-state index contributed by atoms with van der Waals surface area (Å²) in [7, 11) is 0. The van der Waals surface area contributed by atoms with Gasteiger partial charge in [-0.3, -0.25) is 0 Å². The summed E-state index contributed by atoms with van der Waals surface area (Å²) < 4.78 is 5.85. The Bertz CT molecular complexity index is 506. The van der Waals surface area contributed by atoms with E-state index < -0.39 is 0 Å². The lowest BCUT2D eigenvalue weighted by Crippen LogP contribution is -2.03. The Morgan fingerprint density at radius 2 is 1.83 bits per heavy atom. The number of pyridine rings is 1. The molecule has 0 saturated carbocycles. The highest BCUT2D eigenvalue weighted by Gasteiger charge is 2.12. The van der Waals surface area contributed by atoms with E-state index in [1.165, 1.54) is 11.1 Å². The van der Waals surface area contributed by atoms with Gasteiger partial charge in [-0.2, -0.15) is 0 Å². The Balaban J connectivity index is 2.17. The van der Waals surface area contributed by atoms with Crippen LogP contribution in [0.25, 0.3) is 0 Å². The van der Waals surface area contributed by atoms with Crippen LogP contribution in [0.2, 0.25) is 0 Å². The average Bonchev–Trinajstić information content (AvgIpc) is 2.37. The molecule has 2 rings (SSSR count). The van der Waals surface area contributed by atoms with Crippen molar-refractivity contribution in [3.63, 3.8) is 0 Å². The van der Waals surface area contributed by atoms with Crippen LogP contribution in [0.4, 0.5) is 0 Å². The molecular formula is C16H19NO. The molecule has 0 saturated heterocycles. The maximum atomic E-state index is 5.85. The molecule has 18 heavy (non-hydrogen) atoms. The van der Waals surface area contributed by atoms with E-state index in [9.17, 15) is 0 Å². The summed E-state index contributed by atoms with van der Waals surface area (Å²) >= 11 is 0. The molecule has 2 nitrogen and oxygen atoms in total. The molecule has 0 N–H and O–H groups in total. The molecular weight excluding hydrogens is 222 g/mol. The van der Waals surface area contributed by atoms with Crippen molar-refractivity contribution in [2.45, 2.75) is 33.3 Å². The van der Waals surface area contributed by atoms with Crippen molar-refractivity contribution < 1.29 is 4.74 Å². The zero-order valence-electron chi connectivity index (χ0n) is 11.2. The zero-order chi connectivity index (χ0) is 13.0. The van der Waals surface area contributed by atoms with Gasteiger partial charge in [-0.05, 0) is 30.0 Å². The van der Waals surface area contributed by atoms with Crippen LogP contribution in [0.15, 0.2) is 42.6 Å². The first-order chi connectivity index (χ1) is 8.68. The number of ether oxygens (including phenoxy) is 1. The van der Waals surface area contributed by atoms with Crippen molar-refractivity contribution in [2.75, 3.05) is 0 Å². The SMILES string of the molecule is Cc1ccnc(OCc2ccccc2)c1C(C)C. The van der Waals surface area contributed by atoms with Crippen LogP contribution < -0.4 is 4.74 Å². The number of aromatic nitrogens is 1. The van der Waals surface area contributed by atoms with Gasteiger partial charge in [0.25, 0.3) is 0 Å². The topological polar surface area (TPSA) is 22.1 Å².